The summed E-state index contributed by atoms with van der Waals surface area (Å²) in [6.07, 6.45) is 0.850. The van der Waals surface area contributed by atoms with Crippen LogP contribution in [0.4, 0.5) is 0 Å². The Morgan fingerprint density at radius 2 is 1.72 bits per heavy atom. The van der Waals surface area contributed by atoms with Crippen LogP contribution >= 0.6 is 0 Å². The zero-order valence-electron chi connectivity index (χ0n) is 14.1. The van der Waals surface area contributed by atoms with E-state index in [0.29, 0.717) is 18.7 Å². The molecule has 2 aliphatic heterocycles. The Balaban J connectivity index is 0.000000471. The van der Waals surface area contributed by atoms with Crippen molar-refractivity contribution in [2.75, 3.05) is 13.7 Å². The van der Waals surface area contributed by atoms with Crippen molar-refractivity contribution in [3.05, 3.63) is 11.6 Å². The van der Waals surface area contributed by atoms with Crippen molar-refractivity contribution in [3.8, 4) is 0 Å². The third-order valence-electron chi connectivity index (χ3n) is 4.13. The van der Waals surface area contributed by atoms with E-state index in [1.807, 2.05) is 6.92 Å². The van der Waals surface area contributed by atoms with E-state index in [4.69, 9.17) is 25.2 Å². The van der Waals surface area contributed by atoms with Crippen LogP contribution in [0.1, 0.15) is 26.2 Å². The van der Waals surface area contributed by atoms with Crippen molar-refractivity contribution < 1.29 is 45.0 Å². The average Bonchev–Trinajstić information content (AvgIpc) is 2.76. The van der Waals surface area contributed by atoms with Crippen molar-refractivity contribution >= 4 is 17.9 Å². The molecule has 0 radical (unpaired) electrons. The van der Waals surface area contributed by atoms with Crippen LogP contribution < -0.4 is 0 Å². The molecule has 144 valence electrons. The molecule has 0 aromatic heterocycles. The zero-order valence-corrected chi connectivity index (χ0v) is 14.1. The van der Waals surface area contributed by atoms with E-state index in [2.05, 4.69) is 18.0 Å². The number of ether oxygens (including phenoxy) is 1. The number of carboxylic acid groups (broad SMARTS) is 2. The molecule has 1 unspecified atom stereocenters. The Labute approximate surface area is 144 Å². The summed E-state index contributed by atoms with van der Waals surface area (Å²) in [6, 6.07) is 0.964. The standard InChI is InChI=1S/C11H17NO2.C4H6O6.H2O/c1-3-14-11(13)9-6-4-8-5-7-10(9)12(8)2;5-1(3(7)8)2(6)4(9)10;/h6,8,10H,3-5,7H2,1-2H3;1-2,5-6H,(H,7,8)(H,9,10);1H2/t8-,10?;1-,2-;/m00./s1. The van der Waals surface area contributed by atoms with Crippen molar-refractivity contribution in [1.29, 1.82) is 0 Å². The topological polar surface area (TPSA) is 176 Å². The normalized spacial score (nSPS) is 23.9. The van der Waals surface area contributed by atoms with Gasteiger partial charge in [-0.25, -0.2) is 14.4 Å². The average molecular weight is 363 g/mol. The van der Waals surface area contributed by atoms with Crippen LogP contribution in [0, 0.1) is 0 Å². The number of hydrogen-bond acceptors (Lipinski definition) is 7. The summed E-state index contributed by atoms with van der Waals surface area (Å²) < 4.78 is 5.05. The monoisotopic (exact) mass is 363 g/mol. The molecule has 0 spiro atoms. The second-order valence-corrected chi connectivity index (χ2v) is 5.59. The fraction of sp³-hybridized carbons (Fsp3) is 0.667. The molecule has 25 heavy (non-hydrogen) atoms. The molecular weight excluding hydrogens is 338 g/mol. The molecule has 6 N–H and O–H groups in total. The first-order valence-corrected chi connectivity index (χ1v) is 7.61. The fourth-order valence-corrected chi connectivity index (χ4v) is 2.77. The summed E-state index contributed by atoms with van der Waals surface area (Å²) in [7, 11) is 2.11. The van der Waals surface area contributed by atoms with Gasteiger partial charge in [0, 0.05) is 12.1 Å². The Hall–Kier alpha value is -2.01. The van der Waals surface area contributed by atoms with E-state index in [-0.39, 0.29) is 11.4 Å². The van der Waals surface area contributed by atoms with E-state index < -0.39 is 24.1 Å². The SMILES string of the molecule is CCOC(=O)C1=CC[C@H]2CCC1N2C.O.O=C(O)[C@@H](O)[C@H](O)C(=O)O. The van der Waals surface area contributed by atoms with Gasteiger partial charge >= 0.3 is 17.9 Å². The van der Waals surface area contributed by atoms with Gasteiger partial charge in [-0.3, -0.25) is 4.90 Å². The number of likely N-dealkylation sites (N-methyl/N-ethyl adjacent to an activating group) is 1. The van der Waals surface area contributed by atoms with Crippen LogP contribution in [-0.2, 0) is 19.1 Å². The number of nitrogens with zero attached hydrogens (tertiary/aromatic N) is 1. The van der Waals surface area contributed by atoms with Gasteiger partial charge in [-0.1, -0.05) is 6.08 Å². The molecule has 10 heteroatoms. The molecule has 0 aliphatic carbocycles. The third-order valence-corrected chi connectivity index (χ3v) is 4.13. The Morgan fingerprint density at radius 3 is 2.16 bits per heavy atom. The van der Waals surface area contributed by atoms with Crippen LogP contribution in [0.3, 0.4) is 0 Å². The number of aliphatic hydroxyl groups excluding tert-OH is 2. The van der Waals surface area contributed by atoms with Crippen molar-refractivity contribution in [2.24, 2.45) is 0 Å². The molecule has 4 atom stereocenters. The highest BCUT2D eigenvalue weighted by molar-refractivity contribution is 5.90. The number of aliphatic hydroxyl groups is 2. The third kappa shape index (κ3) is 5.78. The zero-order chi connectivity index (χ0) is 18.4. The highest BCUT2D eigenvalue weighted by atomic mass is 16.5. The van der Waals surface area contributed by atoms with Crippen LogP contribution in [0.25, 0.3) is 0 Å². The van der Waals surface area contributed by atoms with Gasteiger partial charge in [0.15, 0.2) is 12.2 Å². The maximum atomic E-state index is 11.6. The molecule has 2 bridgehead atoms. The molecule has 1 fully saturated rings. The second kappa shape index (κ2) is 10.1. The largest absolute Gasteiger partial charge is 0.479 e. The summed E-state index contributed by atoms with van der Waals surface area (Å²) >= 11 is 0. The van der Waals surface area contributed by atoms with Crippen molar-refractivity contribution in [3.63, 3.8) is 0 Å². The molecule has 0 aromatic rings. The summed E-state index contributed by atoms with van der Waals surface area (Å²) in [5.74, 6) is -3.66. The first-order valence-electron chi connectivity index (χ1n) is 7.61. The lowest BCUT2D eigenvalue weighted by Crippen LogP contribution is -2.39. The van der Waals surface area contributed by atoms with Crippen LogP contribution in [0.15, 0.2) is 11.6 Å². The lowest BCUT2D eigenvalue weighted by molar-refractivity contribution is -0.165. The molecule has 0 saturated carbocycles. The molecule has 1 saturated heterocycles. The van der Waals surface area contributed by atoms with E-state index in [1.54, 1.807) is 0 Å². The minimum Gasteiger partial charge on any atom is -0.479 e. The van der Waals surface area contributed by atoms with Gasteiger partial charge < -0.3 is 30.6 Å². The smallest absolute Gasteiger partial charge is 0.335 e. The maximum absolute atomic E-state index is 11.6. The van der Waals surface area contributed by atoms with E-state index >= 15 is 0 Å². The molecule has 2 heterocycles. The minimum absolute atomic E-state index is 0. The minimum atomic E-state index is -2.27. The number of esters is 1. The predicted molar refractivity (Wildman–Crippen MR) is 84.8 cm³/mol. The highest BCUT2D eigenvalue weighted by Gasteiger charge is 2.38. The fourth-order valence-electron chi connectivity index (χ4n) is 2.77. The van der Waals surface area contributed by atoms with E-state index in [1.165, 1.54) is 6.42 Å². The predicted octanol–water partition coefficient (Wildman–Crippen LogP) is -1.60. The molecule has 2 rings (SSSR count). The highest BCUT2D eigenvalue weighted by Crippen LogP contribution is 2.34. The van der Waals surface area contributed by atoms with Gasteiger partial charge in [-0.2, -0.15) is 0 Å². The molecule has 0 aromatic carbocycles. The number of hydrogen-bond donors (Lipinski definition) is 4. The first kappa shape index (κ1) is 23.0. The summed E-state index contributed by atoms with van der Waals surface area (Å²) in [5, 5.41) is 32.5. The van der Waals surface area contributed by atoms with Crippen LogP contribution in [-0.4, -0.2) is 86.7 Å². The summed E-state index contributed by atoms with van der Waals surface area (Å²) in [5.41, 5.74) is 0.878. The summed E-state index contributed by atoms with van der Waals surface area (Å²) in [4.78, 5) is 33.5. The van der Waals surface area contributed by atoms with Gasteiger partial charge in [0.05, 0.1) is 12.2 Å². The number of aliphatic carboxylic acids is 2. The van der Waals surface area contributed by atoms with Gasteiger partial charge in [0.2, 0.25) is 0 Å². The second-order valence-electron chi connectivity index (χ2n) is 5.59. The van der Waals surface area contributed by atoms with Gasteiger partial charge in [0.25, 0.3) is 0 Å². The van der Waals surface area contributed by atoms with E-state index in [9.17, 15) is 14.4 Å². The van der Waals surface area contributed by atoms with Gasteiger partial charge in [-0.15, -0.1) is 0 Å². The van der Waals surface area contributed by atoms with Gasteiger partial charge in [0.1, 0.15) is 0 Å². The number of carbonyl (C=O) groups is 3. The van der Waals surface area contributed by atoms with Crippen molar-refractivity contribution in [2.45, 2.75) is 50.5 Å². The number of rotatable bonds is 5. The number of carboxylic acids is 2. The molecule has 0 amide bonds. The number of carbonyl (C=O) groups excluding carboxylic acids is 1. The van der Waals surface area contributed by atoms with E-state index in [0.717, 1.165) is 18.4 Å². The maximum Gasteiger partial charge on any atom is 0.335 e. The molecular formula is C15H25NO9. The number of fused-ring (bicyclic) bond motifs is 2. The quantitative estimate of drug-likeness (QED) is 0.419. The Bertz CT molecular complexity index is 501. The van der Waals surface area contributed by atoms with Crippen LogP contribution in [0.5, 0.6) is 0 Å². The van der Waals surface area contributed by atoms with Crippen LogP contribution in [0.2, 0.25) is 0 Å². The Kier molecular flexibility index (Phi) is 9.28. The molecule has 2 aliphatic rings. The lowest BCUT2D eigenvalue weighted by atomic mass is 10.0. The first-order chi connectivity index (χ1) is 11.2. The summed E-state index contributed by atoms with van der Waals surface area (Å²) in [6.45, 7) is 2.32. The Morgan fingerprint density at radius 1 is 1.20 bits per heavy atom. The van der Waals surface area contributed by atoms with Gasteiger partial charge in [-0.05, 0) is 33.2 Å². The van der Waals surface area contributed by atoms with Crippen molar-refractivity contribution in [1.82, 2.24) is 4.90 Å². The molecule has 10 nitrogen and oxygen atoms in total. The lowest BCUT2D eigenvalue weighted by Gasteiger charge is -2.30.